The van der Waals surface area contributed by atoms with E-state index >= 15 is 0 Å². The molecular weight excluding hydrogens is 214 g/mol. The SMILES string of the molecule is C#CCN(Cc1ccccc1)C1=CC(=O)OC1. The van der Waals surface area contributed by atoms with Crippen LogP contribution in [0.25, 0.3) is 0 Å². The lowest BCUT2D eigenvalue weighted by Gasteiger charge is -2.22. The molecule has 3 nitrogen and oxygen atoms in total. The van der Waals surface area contributed by atoms with Crippen LogP contribution >= 0.6 is 0 Å². The molecule has 2 rings (SSSR count). The number of benzene rings is 1. The lowest BCUT2D eigenvalue weighted by molar-refractivity contribution is -0.135. The number of hydrogen-bond acceptors (Lipinski definition) is 3. The summed E-state index contributed by atoms with van der Waals surface area (Å²) in [4.78, 5) is 13.0. The van der Waals surface area contributed by atoms with Gasteiger partial charge in [0.15, 0.2) is 0 Å². The number of carbonyl (C=O) groups excluding carboxylic acids is 1. The molecule has 0 unspecified atom stereocenters. The summed E-state index contributed by atoms with van der Waals surface area (Å²) in [6.07, 6.45) is 6.84. The molecule has 86 valence electrons. The van der Waals surface area contributed by atoms with Crippen molar-refractivity contribution in [1.29, 1.82) is 0 Å². The predicted molar refractivity (Wildman–Crippen MR) is 64.7 cm³/mol. The van der Waals surface area contributed by atoms with Crippen LogP contribution in [0.15, 0.2) is 42.1 Å². The molecule has 0 amide bonds. The first kappa shape index (κ1) is 11.3. The molecule has 1 aromatic carbocycles. The van der Waals surface area contributed by atoms with Crippen molar-refractivity contribution in [2.45, 2.75) is 6.54 Å². The predicted octanol–water partition coefficient (Wildman–Crippen LogP) is 1.56. The second kappa shape index (κ2) is 5.22. The molecule has 0 saturated heterocycles. The van der Waals surface area contributed by atoms with Crippen molar-refractivity contribution >= 4 is 5.97 Å². The fourth-order valence-electron chi connectivity index (χ4n) is 1.72. The average molecular weight is 227 g/mol. The molecule has 3 heteroatoms. The zero-order chi connectivity index (χ0) is 12.1. The molecule has 1 aromatic rings. The van der Waals surface area contributed by atoms with Gasteiger partial charge >= 0.3 is 5.97 Å². The number of terminal acetylenes is 1. The van der Waals surface area contributed by atoms with Gasteiger partial charge in [0, 0.05) is 12.6 Å². The van der Waals surface area contributed by atoms with Gasteiger partial charge in [0.2, 0.25) is 0 Å². The monoisotopic (exact) mass is 227 g/mol. The Labute approximate surface area is 101 Å². The van der Waals surface area contributed by atoms with Gasteiger partial charge in [-0.05, 0) is 5.56 Å². The number of carbonyl (C=O) groups is 1. The van der Waals surface area contributed by atoms with Crippen LogP contribution in [0.5, 0.6) is 0 Å². The molecule has 1 heterocycles. The summed E-state index contributed by atoms with van der Waals surface area (Å²) in [7, 11) is 0. The van der Waals surface area contributed by atoms with Gasteiger partial charge in [-0.2, -0.15) is 0 Å². The van der Waals surface area contributed by atoms with E-state index in [1.54, 1.807) is 0 Å². The number of ether oxygens (including phenoxy) is 1. The molecule has 0 saturated carbocycles. The van der Waals surface area contributed by atoms with Crippen molar-refractivity contribution in [2.24, 2.45) is 0 Å². The van der Waals surface area contributed by atoms with Gasteiger partial charge in [-0.25, -0.2) is 4.79 Å². The maximum atomic E-state index is 11.0. The zero-order valence-corrected chi connectivity index (χ0v) is 9.43. The minimum Gasteiger partial charge on any atom is -0.456 e. The standard InChI is InChI=1S/C14H13NO2/c1-2-8-15(13-9-14(16)17-11-13)10-12-6-4-3-5-7-12/h1,3-7,9H,8,10-11H2. The average Bonchev–Trinajstić information content (AvgIpc) is 2.77. The molecule has 0 fully saturated rings. The Kier molecular flexibility index (Phi) is 3.46. The van der Waals surface area contributed by atoms with E-state index in [1.807, 2.05) is 35.2 Å². The van der Waals surface area contributed by atoms with Gasteiger partial charge in [-0.15, -0.1) is 6.42 Å². The largest absolute Gasteiger partial charge is 0.456 e. The molecule has 0 radical (unpaired) electrons. The number of esters is 1. The van der Waals surface area contributed by atoms with Crippen LogP contribution in [-0.2, 0) is 16.1 Å². The minimum absolute atomic E-state index is 0.296. The van der Waals surface area contributed by atoms with Gasteiger partial charge in [0.25, 0.3) is 0 Å². The van der Waals surface area contributed by atoms with E-state index in [0.29, 0.717) is 19.7 Å². The number of hydrogen-bond donors (Lipinski definition) is 0. The van der Waals surface area contributed by atoms with Crippen molar-refractivity contribution in [3.8, 4) is 12.3 Å². The molecule has 0 aliphatic carbocycles. The molecule has 0 bridgehead atoms. The number of cyclic esters (lactones) is 1. The molecule has 1 aliphatic heterocycles. The summed E-state index contributed by atoms with van der Waals surface area (Å²) in [5, 5.41) is 0. The fourth-order valence-corrected chi connectivity index (χ4v) is 1.72. The highest BCUT2D eigenvalue weighted by atomic mass is 16.5. The van der Waals surface area contributed by atoms with E-state index in [9.17, 15) is 4.79 Å². The Balaban J connectivity index is 2.11. The lowest BCUT2D eigenvalue weighted by Crippen LogP contribution is -2.23. The maximum Gasteiger partial charge on any atom is 0.333 e. The summed E-state index contributed by atoms with van der Waals surface area (Å²) in [5.74, 6) is 2.30. The first-order chi connectivity index (χ1) is 8.29. The third-order valence-electron chi connectivity index (χ3n) is 2.55. The normalized spacial score (nSPS) is 13.8. The van der Waals surface area contributed by atoms with E-state index in [-0.39, 0.29) is 5.97 Å². The van der Waals surface area contributed by atoms with Crippen LogP contribution < -0.4 is 0 Å². The third-order valence-corrected chi connectivity index (χ3v) is 2.55. The molecule has 0 aromatic heterocycles. The van der Waals surface area contributed by atoms with Crippen LogP contribution in [0.2, 0.25) is 0 Å². The Morgan fingerprint density at radius 1 is 1.35 bits per heavy atom. The smallest absolute Gasteiger partial charge is 0.333 e. The topological polar surface area (TPSA) is 29.5 Å². The van der Waals surface area contributed by atoms with Crippen LogP contribution in [0.3, 0.4) is 0 Å². The molecular formula is C14H13NO2. The Bertz CT molecular complexity index is 471. The highest BCUT2D eigenvalue weighted by Gasteiger charge is 2.18. The van der Waals surface area contributed by atoms with Gasteiger partial charge in [-0.1, -0.05) is 36.3 Å². The summed E-state index contributed by atoms with van der Waals surface area (Å²) >= 11 is 0. The van der Waals surface area contributed by atoms with Gasteiger partial charge < -0.3 is 9.64 Å². The Morgan fingerprint density at radius 3 is 2.71 bits per heavy atom. The Hall–Kier alpha value is -2.21. The maximum absolute atomic E-state index is 11.0. The molecule has 0 spiro atoms. The lowest BCUT2D eigenvalue weighted by atomic mass is 10.2. The van der Waals surface area contributed by atoms with Crippen LogP contribution in [0, 0.1) is 12.3 Å². The van der Waals surface area contributed by atoms with E-state index in [0.717, 1.165) is 11.3 Å². The van der Waals surface area contributed by atoms with Crippen molar-refractivity contribution in [3.63, 3.8) is 0 Å². The van der Waals surface area contributed by atoms with E-state index in [4.69, 9.17) is 11.2 Å². The van der Waals surface area contributed by atoms with Crippen LogP contribution in [-0.4, -0.2) is 24.0 Å². The fraction of sp³-hybridized carbons (Fsp3) is 0.214. The first-order valence-corrected chi connectivity index (χ1v) is 5.39. The van der Waals surface area contributed by atoms with E-state index < -0.39 is 0 Å². The zero-order valence-electron chi connectivity index (χ0n) is 9.43. The summed E-state index contributed by atoms with van der Waals surface area (Å²) in [5.41, 5.74) is 2.00. The van der Waals surface area contributed by atoms with Crippen molar-refractivity contribution in [2.75, 3.05) is 13.2 Å². The van der Waals surface area contributed by atoms with Crippen molar-refractivity contribution in [1.82, 2.24) is 4.90 Å². The van der Waals surface area contributed by atoms with Crippen molar-refractivity contribution in [3.05, 3.63) is 47.7 Å². The van der Waals surface area contributed by atoms with E-state index in [2.05, 4.69) is 5.92 Å². The number of rotatable bonds is 4. The quantitative estimate of drug-likeness (QED) is 0.577. The summed E-state index contributed by atoms with van der Waals surface area (Å²) in [6.45, 7) is 1.47. The van der Waals surface area contributed by atoms with Crippen LogP contribution in [0.1, 0.15) is 5.56 Å². The summed E-state index contributed by atoms with van der Waals surface area (Å²) in [6, 6.07) is 9.99. The first-order valence-electron chi connectivity index (χ1n) is 5.39. The number of nitrogens with zero attached hydrogens (tertiary/aromatic N) is 1. The highest BCUT2D eigenvalue weighted by molar-refractivity contribution is 5.85. The minimum atomic E-state index is -0.296. The van der Waals surface area contributed by atoms with E-state index in [1.165, 1.54) is 6.08 Å². The van der Waals surface area contributed by atoms with Crippen molar-refractivity contribution < 1.29 is 9.53 Å². The Morgan fingerprint density at radius 2 is 2.12 bits per heavy atom. The molecule has 1 aliphatic rings. The summed E-state index contributed by atoms with van der Waals surface area (Å²) < 4.78 is 4.89. The molecule has 0 N–H and O–H groups in total. The van der Waals surface area contributed by atoms with Gasteiger partial charge in [0.1, 0.15) is 6.61 Å². The second-order valence-electron chi connectivity index (χ2n) is 3.79. The van der Waals surface area contributed by atoms with Gasteiger partial charge in [-0.3, -0.25) is 0 Å². The molecule has 17 heavy (non-hydrogen) atoms. The molecule has 0 atom stereocenters. The third kappa shape index (κ3) is 2.88. The van der Waals surface area contributed by atoms with Gasteiger partial charge in [0.05, 0.1) is 12.2 Å². The van der Waals surface area contributed by atoms with Crippen LogP contribution in [0.4, 0.5) is 0 Å². The highest BCUT2D eigenvalue weighted by Crippen LogP contribution is 2.15. The second-order valence-corrected chi connectivity index (χ2v) is 3.79.